The zero-order valence-electron chi connectivity index (χ0n) is 15.7. The van der Waals surface area contributed by atoms with E-state index >= 15 is 0 Å². The van der Waals surface area contributed by atoms with E-state index in [1.165, 1.54) is 51.4 Å². The van der Waals surface area contributed by atoms with Gasteiger partial charge in [0.05, 0.1) is 17.5 Å². The lowest BCUT2D eigenvalue weighted by molar-refractivity contribution is -0.0679. The van der Waals surface area contributed by atoms with Gasteiger partial charge in [-0.3, -0.25) is 0 Å². The van der Waals surface area contributed by atoms with Gasteiger partial charge >= 0.3 is 0 Å². The summed E-state index contributed by atoms with van der Waals surface area (Å²) in [5.74, 6) is 3.65. The van der Waals surface area contributed by atoms with Gasteiger partial charge in [0.15, 0.2) is 0 Å². The molecule has 3 saturated carbocycles. The van der Waals surface area contributed by atoms with E-state index in [4.69, 9.17) is 4.74 Å². The van der Waals surface area contributed by atoms with Crippen molar-refractivity contribution in [3.63, 3.8) is 0 Å². The lowest BCUT2D eigenvalue weighted by Gasteiger charge is -2.54. The molecule has 2 unspecified atom stereocenters. The summed E-state index contributed by atoms with van der Waals surface area (Å²) in [4.78, 5) is 4.01. The number of aliphatic imine (C=N–C) groups is 1. The predicted molar refractivity (Wildman–Crippen MR) is 108 cm³/mol. The number of thiocarbonyl (C=S) groups is 1. The zero-order chi connectivity index (χ0) is 17.7. The Balaban J connectivity index is 1.71. The van der Waals surface area contributed by atoms with Crippen molar-refractivity contribution >= 4 is 23.1 Å². The van der Waals surface area contributed by atoms with Crippen LogP contribution in [0.25, 0.3) is 0 Å². The molecule has 1 aromatic rings. The molecule has 1 aromatic carbocycles. The van der Waals surface area contributed by atoms with Crippen LogP contribution in [0.2, 0.25) is 0 Å². The molecule has 3 heteroatoms. The Morgan fingerprint density at radius 3 is 2.56 bits per heavy atom. The molecule has 0 N–H and O–H groups in total. The van der Waals surface area contributed by atoms with Gasteiger partial charge in [-0.2, -0.15) is 4.99 Å². The fourth-order valence-electron chi connectivity index (χ4n) is 5.37. The third-order valence-electron chi connectivity index (χ3n) is 6.77. The Morgan fingerprint density at radius 2 is 1.96 bits per heavy atom. The number of hydrogen-bond donors (Lipinski definition) is 0. The first-order valence-corrected chi connectivity index (χ1v) is 10.4. The fourth-order valence-corrected chi connectivity index (χ4v) is 5.47. The van der Waals surface area contributed by atoms with Crippen molar-refractivity contribution in [1.29, 1.82) is 0 Å². The van der Waals surface area contributed by atoms with E-state index in [1.807, 2.05) is 24.3 Å². The highest BCUT2D eigenvalue weighted by Gasteiger charge is 2.50. The second-order valence-electron chi connectivity index (χ2n) is 8.09. The minimum atomic E-state index is 0.399. The van der Waals surface area contributed by atoms with Crippen LogP contribution in [0.15, 0.2) is 29.3 Å². The Morgan fingerprint density at radius 1 is 1.24 bits per heavy atom. The Bertz CT molecular complexity index is 597. The topological polar surface area (TPSA) is 21.6 Å². The number of fused-ring (bicyclic) bond motifs is 3. The number of ether oxygens (including phenoxy) is 1. The van der Waals surface area contributed by atoms with Crippen LogP contribution in [-0.2, 0) is 0 Å². The highest BCUT2D eigenvalue weighted by molar-refractivity contribution is 7.78. The van der Waals surface area contributed by atoms with Crippen LogP contribution in [0.3, 0.4) is 0 Å². The molecule has 0 aromatic heterocycles. The first-order valence-electron chi connectivity index (χ1n) is 10.0. The standard InChI is InChI=1S/C22H31NOS/c1-3-5-18(4-2)21-14-17-10-12-22(21,13-11-17)15-24-20-8-6-19(7-9-20)23-16-25/h6-9,17-18,21H,3-5,10-15H2,1-2H3. The summed E-state index contributed by atoms with van der Waals surface area (Å²) in [5, 5.41) is 2.41. The van der Waals surface area contributed by atoms with Crippen molar-refractivity contribution in [1.82, 2.24) is 0 Å². The first kappa shape index (κ1) is 18.6. The second kappa shape index (κ2) is 8.47. The second-order valence-corrected chi connectivity index (χ2v) is 8.27. The van der Waals surface area contributed by atoms with E-state index < -0.39 is 0 Å². The number of isothiocyanates is 1. The summed E-state index contributed by atoms with van der Waals surface area (Å²) in [5.41, 5.74) is 1.24. The van der Waals surface area contributed by atoms with Crippen molar-refractivity contribution < 1.29 is 4.74 Å². The van der Waals surface area contributed by atoms with Crippen molar-refractivity contribution in [2.45, 2.75) is 65.2 Å². The Hall–Kier alpha value is -1.18. The number of rotatable bonds is 8. The molecular formula is C22H31NOS. The van der Waals surface area contributed by atoms with Gasteiger partial charge in [-0.1, -0.05) is 33.1 Å². The van der Waals surface area contributed by atoms with E-state index in [0.717, 1.165) is 35.8 Å². The number of benzene rings is 1. The minimum absolute atomic E-state index is 0.399. The van der Waals surface area contributed by atoms with Crippen molar-refractivity contribution in [2.75, 3.05) is 6.61 Å². The van der Waals surface area contributed by atoms with Crippen LogP contribution in [-0.4, -0.2) is 11.8 Å². The molecule has 0 aliphatic heterocycles. The largest absolute Gasteiger partial charge is 0.493 e. The smallest absolute Gasteiger partial charge is 0.119 e. The molecule has 0 amide bonds. The molecule has 4 rings (SSSR count). The summed E-state index contributed by atoms with van der Waals surface area (Å²) < 4.78 is 6.31. The normalized spacial score (nSPS) is 29.0. The average molecular weight is 358 g/mol. The predicted octanol–water partition coefficient (Wildman–Crippen LogP) is 6.82. The van der Waals surface area contributed by atoms with E-state index in [1.54, 1.807) is 0 Å². The fraction of sp³-hybridized carbons (Fsp3) is 0.682. The molecule has 0 spiro atoms. The molecule has 2 nitrogen and oxygen atoms in total. The summed E-state index contributed by atoms with van der Waals surface area (Å²) in [6.45, 7) is 5.59. The first-order chi connectivity index (χ1) is 12.2. The van der Waals surface area contributed by atoms with E-state index in [0.29, 0.717) is 5.41 Å². The number of nitrogens with zero attached hydrogens (tertiary/aromatic N) is 1. The van der Waals surface area contributed by atoms with Crippen LogP contribution in [0.5, 0.6) is 5.75 Å². The maximum absolute atomic E-state index is 6.31. The van der Waals surface area contributed by atoms with E-state index in [2.05, 4.69) is 36.2 Å². The molecule has 0 saturated heterocycles. The Labute approximate surface area is 158 Å². The SMILES string of the molecule is CCCC(CC)C1CC2CCC1(COc1ccc(N=C=S)cc1)CC2. The van der Waals surface area contributed by atoms with Gasteiger partial charge in [0, 0.05) is 5.41 Å². The monoisotopic (exact) mass is 357 g/mol. The van der Waals surface area contributed by atoms with Crippen molar-refractivity contribution in [2.24, 2.45) is 28.2 Å². The molecule has 3 fully saturated rings. The molecule has 0 radical (unpaired) electrons. The van der Waals surface area contributed by atoms with Crippen LogP contribution < -0.4 is 4.74 Å². The minimum Gasteiger partial charge on any atom is -0.493 e. The van der Waals surface area contributed by atoms with Gasteiger partial charge in [0.25, 0.3) is 0 Å². The van der Waals surface area contributed by atoms with E-state index in [9.17, 15) is 0 Å². The lowest BCUT2D eigenvalue weighted by Crippen LogP contribution is -2.48. The molecule has 2 atom stereocenters. The highest BCUT2D eigenvalue weighted by Crippen LogP contribution is 2.57. The quantitative estimate of drug-likeness (QED) is 0.376. The van der Waals surface area contributed by atoms with Gasteiger partial charge in [-0.15, -0.1) is 0 Å². The van der Waals surface area contributed by atoms with Crippen LogP contribution >= 0.6 is 12.2 Å². The lowest BCUT2D eigenvalue weighted by atomic mass is 9.51. The molecular weight excluding hydrogens is 326 g/mol. The van der Waals surface area contributed by atoms with Gasteiger partial charge in [-0.25, -0.2) is 0 Å². The average Bonchev–Trinajstić information content (AvgIpc) is 2.67. The highest BCUT2D eigenvalue weighted by atomic mass is 32.1. The molecule has 3 aliphatic rings. The zero-order valence-corrected chi connectivity index (χ0v) is 16.5. The molecule has 2 bridgehead atoms. The van der Waals surface area contributed by atoms with E-state index in [-0.39, 0.29) is 0 Å². The third kappa shape index (κ3) is 4.15. The third-order valence-corrected chi connectivity index (χ3v) is 6.86. The summed E-state index contributed by atoms with van der Waals surface area (Å²) in [7, 11) is 0. The maximum atomic E-state index is 6.31. The van der Waals surface area contributed by atoms with Gasteiger partial charge < -0.3 is 4.74 Å². The molecule has 25 heavy (non-hydrogen) atoms. The Kier molecular flexibility index (Phi) is 6.30. The van der Waals surface area contributed by atoms with Gasteiger partial charge in [-0.05, 0) is 86.3 Å². The van der Waals surface area contributed by atoms with Crippen LogP contribution in [0, 0.1) is 23.2 Å². The van der Waals surface area contributed by atoms with Crippen LogP contribution in [0.1, 0.15) is 65.2 Å². The molecule has 136 valence electrons. The van der Waals surface area contributed by atoms with Crippen LogP contribution in [0.4, 0.5) is 5.69 Å². The van der Waals surface area contributed by atoms with Gasteiger partial charge in [0.2, 0.25) is 0 Å². The summed E-state index contributed by atoms with van der Waals surface area (Å²) >= 11 is 4.66. The maximum Gasteiger partial charge on any atom is 0.119 e. The van der Waals surface area contributed by atoms with Crippen molar-refractivity contribution in [3.05, 3.63) is 24.3 Å². The van der Waals surface area contributed by atoms with Gasteiger partial charge in [0.1, 0.15) is 5.75 Å². The summed E-state index contributed by atoms with van der Waals surface area (Å²) in [6.07, 6.45) is 11.0. The number of hydrogen-bond acceptors (Lipinski definition) is 3. The summed E-state index contributed by atoms with van der Waals surface area (Å²) in [6, 6.07) is 7.92. The molecule has 0 heterocycles. The van der Waals surface area contributed by atoms with Crippen molar-refractivity contribution in [3.8, 4) is 5.75 Å². The molecule has 3 aliphatic carbocycles.